The maximum absolute atomic E-state index is 12.9. The molecule has 1 aromatic rings. The molecule has 1 aromatic carbocycles. The summed E-state index contributed by atoms with van der Waals surface area (Å²) in [6.45, 7) is -0.519. The van der Waals surface area contributed by atoms with Gasteiger partial charge in [-0.05, 0) is 24.0 Å². The summed E-state index contributed by atoms with van der Waals surface area (Å²) in [5, 5.41) is 5.19. The Balaban J connectivity index is 1.77. The van der Waals surface area contributed by atoms with Gasteiger partial charge in [-0.3, -0.25) is 19.3 Å². The van der Waals surface area contributed by atoms with Crippen LogP contribution in [0.2, 0.25) is 0 Å². The molecule has 1 heterocycles. The van der Waals surface area contributed by atoms with E-state index >= 15 is 0 Å². The van der Waals surface area contributed by atoms with Crippen LogP contribution in [0.4, 0.5) is 4.79 Å². The van der Waals surface area contributed by atoms with E-state index in [0.29, 0.717) is 12.8 Å². The van der Waals surface area contributed by atoms with Crippen LogP contribution >= 0.6 is 0 Å². The number of nitrogens with one attached hydrogen (secondary N) is 2. The van der Waals surface area contributed by atoms with Gasteiger partial charge in [0.2, 0.25) is 11.8 Å². The van der Waals surface area contributed by atoms with Gasteiger partial charge in [-0.1, -0.05) is 24.3 Å². The molecule has 1 spiro atoms. The third kappa shape index (κ3) is 2.73. The van der Waals surface area contributed by atoms with Crippen molar-refractivity contribution in [2.45, 2.75) is 18.4 Å². The summed E-state index contributed by atoms with van der Waals surface area (Å²) in [7, 11) is 2.93. The van der Waals surface area contributed by atoms with E-state index in [1.165, 1.54) is 19.0 Å². The maximum Gasteiger partial charge on any atom is 0.325 e. The van der Waals surface area contributed by atoms with Crippen LogP contribution in [0.3, 0.4) is 0 Å². The van der Waals surface area contributed by atoms with Gasteiger partial charge < -0.3 is 15.5 Å². The Morgan fingerprint density at radius 1 is 1.32 bits per heavy atom. The molecule has 1 fully saturated rings. The van der Waals surface area contributed by atoms with Crippen molar-refractivity contribution >= 4 is 23.8 Å². The highest BCUT2D eigenvalue weighted by atomic mass is 16.2. The lowest BCUT2D eigenvalue weighted by molar-refractivity contribution is -0.139. The Kier molecular flexibility index (Phi) is 4.20. The number of likely N-dealkylation sites (N-methyl/N-ethyl adjacent to an activating group) is 2. The average molecular weight is 344 g/mol. The minimum Gasteiger partial charge on any atom is -0.358 e. The number of urea groups is 1. The number of rotatable bonds is 4. The lowest BCUT2D eigenvalue weighted by Gasteiger charge is -2.23. The molecule has 5 amide bonds. The highest BCUT2D eigenvalue weighted by Crippen LogP contribution is 2.41. The molecule has 0 unspecified atom stereocenters. The van der Waals surface area contributed by atoms with Crippen molar-refractivity contribution in [2.24, 2.45) is 0 Å². The first kappa shape index (κ1) is 16.9. The number of aryl methyl sites for hydroxylation is 1. The summed E-state index contributed by atoms with van der Waals surface area (Å²) in [6.07, 6.45) is 1.18. The number of hydrogen-bond donors (Lipinski definition) is 2. The van der Waals surface area contributed by atoms with Crippen molar-refractivity contribution in [1.29, 1.82) is 0 Å². The smallest absolute Gasteiger partial charge is 0.325 e. The monoisotopic (exact) mass is 344 g/mol. The molecule has 1 atom stereocenters. The highest BCUT2D eigenvalue weighted by Gasteiger charge is 2.55. The van der Waals surface area contributed by atoms with Crippen molar-refractivity contribution in [2.75, 3.05) is 27.2 Å². The molecular weight excluding hydrogens is 324 g/mol. The van der Waals surface area contributed by atoms with E-state index in [1.807, 2.05) is 24.3 Å². The van der Waals surface area contributed by atoms with Crippen LogP contribution in [0.5, 0.6) is 0 Å². The van der Waals surface area contributed by atoms with Crippen LogP contribution in [0.1, 0.15) is 17.5 Å². The van der Waals surface area contributed by atoms with E-state index in [-0.39, 0.29) is 19.0 Å². The summed E-state index contributed by atoms with van der Waals surface area (Å²) >= 11 is 0. The zero-order valence-electron chi connectivity index (χ0n) is 14.2. The SMILES string of the molecule is CNC(=O)CN(C)C(=O)CN1C(=O)N[C@@]2(CCc3ccccc32)C1=O. The lowest BCUT2D eigenvalue weighted by Crippen LogP contribution is -2.45. The summed E-state index contributed by atoms with van der Waals surface area (Å²) in [5.74, 6) is -1.21. The molecule has 0 saturated carbocycles. The largest absolute Gasteiger partial charge is 0.358 e. The van der Waals surface area contributed by atoms with Crippen molar-refractivity contribution in [3.05, 3.63) is 35.4 Å². The first-order chi connectivity index (χ1) is 11.9. The number of nitrogens with zero attached hydrogens (tertiary/aromatic N) is 2. The molecule has 8 heteroatoms. The molecule has 0 bridgehead atoms. The van der Waals surface area contributed by atoms with Gasteiger partial charge in [0.05, 0.1) is 6.54 Å². The minimum absolute atomic E-state index is 0.132. The number of carbonyl (C=O) groups excluding carboxylic acids is 4. The van der Waals surface area contributed by atoms with Crippen LogP contribution in [0.25, 0.3) is 0 Å². The molecule has 25 heavy (non-hydrogen) atoms. The molecule has 3 rings (SSSR count). The van der Waals surface area contributed by atoms with Crippen molar-refractivity contribution < 1.29 is 19.2 Å². The molecule has 8 nitrogen and oxygen atoms in total. The molecular formula is C17H20N4O4. The number of imide groups is 1. The zero-order chi connectivity index (χ0) is 18.2. The predicted octanol–water partition coefficient (Wildman–Crippen LogP) is -0.416. The Hall–Kier alpha value is -2.90. The quantitative estimate of drug-likeness (QED) is 0.725. The molecule has 1 aliphatic carbocycles. The summed E-state index contributed by atoms with van der Waals surface area (Å²) in [5.41, 5.74) is 0.746. The number of fused-ring (bicyclic) bond motifs is 2. The second-order valence-corrected chi connectivity index (χ2v) is 6.31. The Morgan fingerprint density at radius 3 is 2.76 bits per heavy atom. The fourth-order valence-corrected chi connectivity index (χ4v) is 3.37. The Labute approximate surface area is 145 Å². The Morgan fingerprint density at radius 2 is 2.04 bits per heavy atom. The second kappa shape index (κ2) is 6.19. The summed E-state index contributed by atoms with van der Waals surface area (Å²) in [4.78, 5) is 51.0. The fourth-order valence-electron chi connectivity index (χ4n) is 3.37. The van der Waals surface area contributed by atoms with Crippen LogP contribution < -0.4 is 10.6 Å². The third-order valence-corrected chi connectivity index (χ3v) is 4.80. The molecule has 0 radical (unpaired) electrons. The van der Waals surface area contributed by atoms with Gasteiger partial charge in [0.25, 0.3) is 5.91 Å². The van der Waals surface area contributed by atoms with Gasteiger partial charge >= 0.3 is 6.03 Å². The molecule has 2 aliphatic rings. The summed E-state index contributed by atoms with van der Waals surface area (Å²) in [6, 6.07) is 6.92. The average Bonchev–Trinajstić information content (AvgIpc) is 3.08. The van der Waals surface area contributed by atoms with Crippen LogP contribution in [0.15, 0.2) is 24.3 Å². The lowest BCUT2D eigenvalue weighted by atomic mass is 9.92. The van der Waals surface area contributed by atoms with Crippen LogP contribution in [0, 0.1) is 0 Å². The van der Waals surface area contributed by atoms with Gasteiger partial charge in [0.15, 0.2) is 0 Å². The molecule has 2 N–H and O–H groups in total. The predicted molar refractivity (Wildman–Crippen MR) is 88.4 cm³/mol. The van der Waals surface area contributed by atoms with E-state index in [4.69, 9.17) is 0 Å². The van der Waals surface area contributed by atoms with Crippen molar-refractivity contribution in [3.63, 3.8) is 0 Å². The third-order valence-electron chi connectivity index (χ3n) is 4.80. The highest BCUT2D eigenvalue weighted by molar-refractivity contribution is 6.10. The van der Waals surface area contributed by atoms with Gasteiger partial charge in [0, 0.05) is 14.1 Å². The standard InChI is InChI=1S/C17H20N4O4/c1-18-13(22)9-20(2)14(23)10-21-15(24)17(19-16(21)25)8-7-11-5-3-4-6-12(11)17/h3-6H,7-10H2,1-2H3,(H,18,22)(H,19,25)/t17-/m1/s1. The second-order valence-electron chi connectivity index (χ2n) is 6.31. The number of amides is 5. The van der Waals surface area contributed by atoms with Gasteiger partial charge in [-0.25, -0.2) is 4.79 Å². The normalized spacial score (nSPS) is 21.3. The number of hydrogen-bond acceptors (Lipinski definition) is 4. The van der Waals surface area contributed by atoms with E-state index in [9.17, 15) is 19.2 Å². The minimum atomic E-state index is -1.08. The first-order valence-corrected chi connectivity index (χ1v) is 8.06. The van der Waals surface area contributed by atoms with Crippen LogP contribution in [-0.4, -0.2) is 60.7 Å². The molecule has 1 aliphatic heterocycles. The molecule has 132 valence electrons. The van der Waals surface area contributed by atoms with Crippen LogP contribution in [-0.2, 0) is 26.3 Å². The Bertz CT molecular complexity index is 763. The number of benzene rings is 1. The summed E-state index contributed by atoms with van der Waals surface area (Å²) < 4.78 is 0. The fraction of sp³-hybridized carbons (Fsp3) is 0.412. The molecule has 1 saturated heterocycles. The topological polar surface area (TPSA) is 98.8 Å². The van der Waals surface area contributed by atoms with E-state index in [1.54, 1.807) is 0 Å². The van der Waals surface area contributed by atoms with Gasteiger partial charge in [-0.2, -0.15) is 0 Å². The zero-order valence-corrected chi connectivity index (χ0v) is 14.2. The number of carbonyl (C=O) groups is 4. The maximum atomic E-state index is 12.9. The van der Waals surface area contributed by atoms with Crippen molar-refractivity contribution in [3.8, 4) is 0 Å². The van der Waals surface area contributed by atoms with E-state index in [2.05, 4.69) is 10.6 Å². The molecule has 0 aromatic heterocycles. The van der Waals surface area contributed by atoms with E-state index < -0.39 is 23.4 Å². The first-order valence-electron chi connectivity index (χ1n) is 8.06. The van der Waals surface area contributed by atoms with Crippen molar-refractivity contribution in [1.82, 2.24) is 20.4 Å². The van der Waals surface area contributed by atoms with Gasteiger partial charge in [-0.15, -0.1) is 0 Å². The van der Waals surface area contributed by atoms with Gasteiger partial charge in [0.1, 0.15) is 12.1 Å². The van der Waals surface area contributed by atoms with E-state index in [0.717, 1.165) is 16.0 Å².